The Morgan fingerprint density at radius 3 is 2.88 bits per heavy atom. The molecule has 1 heterocycles. The first-order valence-corrected chi connectivity index (χ1v) is 6.72. The molecule has 0 bridgehead atoms. The summed E-state index contributed by atoms with van der Waals surface area (Å²) >= 11 is 13.2. The van der Waals surface area contributed by atoms with Crippen LogP contribution < -0.4 is 5.32 Å². The van der Waals surface area contributed by atoms with Crippen LogP contribution in [0.25, 0.3) is 0 Å². The molecular formula is C10H12Cl2N2OS. The van der Waals surface area contributed by atoms with Crippen molar-refractivity contribution in [2.75, 3.05) is 12.8 Å². The summed E-state index contributed by atoms with van der Waals surface area (Å²) in [7, 11) is 0. The molecule has 0 saturated carbocycles. The first-order chi connectivity index (χ1) is 7.54. The molecule has 1 unspecified atom stereocenters. The van der Waals surface area contributed by atoms with Crippen LogP contribution >= 0.6 is 35.0 Å². The van der Waals surface area contributed by atoms with Crippen molar-refractivity contribution in [3.8, 4) is 0 Å². The van der Waals surface area contributed by atoms with Crippen LogP contribution in [-0.4, -0.2) is 28.9 Å². The molecule has 0 aromatic carbocycles. The van der Waals surface area contributed by atoms with E-state index in [9.17, 15) is 4.79 Å². The quantitative estimate of drug-likeness (QED) is 0.862. The number of rotatable bonds is 4. The predicted octanol–water partition coefficient (Wildman–Crippen LogP) is 2.87. The molecule has 0 saturated heterocycles. The van der Waals surface area contributed by atoms with E-state index in [1.54, 1.807) is 23.9 Å². The molecule has 88 valence electrons. The van der Waals surface area contributed by atoms with Gasteiger partial charge in [-0.1, -0.05) is 30.1 Å². The van der Waals surface area contributed by atoms with E-state index < -0.39 is 0 Å². The van der Waals surface area contributed by atoms with E-state index in [0.29, 0.717) is 16.8 Å². The van der Waals surface area contributed by atoms with Gasteiger partial charge in [0.15, 0.2) is 0 Å². The SMILES string of the molecule is CSC(C)CNC(=O)c1nc(Cl)ccc1Cl. The number of hydrogen-bond acceptors (Lipinski definition) is 3. The number of thioether (sulfide) groups is 1. The van der Waals surface area contributed by atoms with Crippen LogP contribution in [0.15, 0.2) is 12.1 Å². The second kappa shape index (κ2) is 6.33. The van der Waals surface area contributed by atoms with Crippen LogP contribution in [0, 0.1) is 0 Å². The Balaban J connectivity index is 2.69. The molecule has 1 aromatic rings. The lowest BCUT2D eigenvalue weighted by Crippen LogP contribution is -2.30. The van der Waals surface area contributed by atoms with Gasteiger partial charge in [-0.3, -0.25) is 4.79 Å². The fourth-order valence-electron chi connectivity index (χ4n) is 0.981. The summed E-state index contributed by atoms with van der Waals surface area (Å²) in [5, 5.41) is 3.66. The van der Waals surface area contributed by atoms with Gasteiger partial charge >= 0.3 is 0 Å². The zero-order valence-electron chi connectivity index (χ0n) is 8.96. The zero-order valence-corrected chi connectivity index (χ0v) is 11.3. The maximum Gasteiger partial charge on any atom is 0.271 e. The average Bonchev–Trinajstić information content (AvgIpc) is 2.28. The second-order valence-electron chi connectivity index (χ2n) is 3.22. The minimum atomic E-state index is -0.298. The van der Waals surface area contributed by atoms with E-state index in [1.807, 2.05) is 13.2 Å². The fraction of sp³-hybridized carbons (Fsp3) is 0.400. The fourth-order valence-corrected chi connectivity index (χ4v) is 1.57. The number of aromatic nitrogens is 1. The van der Waals surface area contributed by atoms with Gasteiger partial charge in [-0.05, 0) is 18.4 Å². The van der Waals surface area contributed by atoms with E-state index >= 15 is 0 Å². The van der Waals surface area contributed by atoms with Gasteiger partial charge in [-0.15, -0.1) is 0 Å². The number of carbonyl (C=O) groups excluding carboxylic acids is 1. The number of nitrogens with zero attached hydrogens (tertiary/aromatic N) is 1. The van der Waals surface area contributed by atoms with Crippen molar-refractivity contribution in [2.24, 2.45) is 0 Å². The molecule has 0 aliphatic rings. The Labute approximate surface area is 109 Å². The molecule has 0 spiro atoms. The number of hydrogen-bond donors (Lipinski definition) is 1. The Bertz CT molecular complexity index is 387. The molecule has 0 fully saturated rings. The van der Waals surface area contributed by atoms with Crippen molar-refractivity contribution in [2.45, 2.75) is 12.2 Å². The van der Waals surface area contributed by atoms with Crippen molar-refractivity contribution < 1.29 is 4.79 Å². The van der Waals surface area contributed by atoms with Crippen LogP contribution in [-0.2, 0) is 0 Å². The standard InChI is InChI=1S/C10H12Cl2N2OS/c1-6(16-2)5-13-10(15)9-7(11)3-4-8(12)14-9/h3-4,6H,5H2,1-2H3,(H,13,15). The van der Waals surface area contributed by atoms with Gasteiger partial charge in [0.05, 0.1) is 5.02 Å². The van der Waals surface area contributed by atoms with Crippen LogP contribution in [0.5, 0.6) is 0 Å². The van der Waals surface area contributed by atoms with Crippen LogP contribution in [0.1, 0.15) is 17.4 Å². The molecule has 1 amide bonds. The van der Waals surface area contributed by atoms with E-state index in [-0.39, 0.29) is 16.8 Å². The second-order valence-corrected chi connectivity index (χ2v) is 5.29. The first-order valence-electron chi connectivity index (χ1n) is 4.67. The monoisotopic (exact) mass is 278 g/mol. The summed E-state index contributed by atoms with van der Waals surface area (Å²) in [4.78, 5) is 15.6. The third-order valence-corrected chi connectivity index (χ3v) is 3.47. The maximum absolute atomic E-state index is 11.7. The van der Waals surface area contributed by atoms with Gasteiger partial charge < -0.3 is 5.32 Å². The summed E-state index contributed by atoms with van der Waals surface area (Å²) in [6.07, 6.45) is 1.99. The molecular weight excluding hydrogens is 267 g/mol. The lowest BCUT2D eigenvalue weighted by molar-refractivity contribution is 0.0949. The van der Waals surface area contributed by atoms with Gasteiger partial charge in [0, 0.05) is 11.8 Å². The summed E-state index contributed by atoms with van der Waals surface area (Å²) < 4.78 is 0. The van der Waals surface area contributed by atoms with Crippen molar-refractivity contribution >= 4 is 40.9 Å². The minimum Gasteiger partial charge on any atom is -0.350 e. The third kappa shape index (κ3) is 3.85. The lowest BCUT2D eigenvalue weighted by atomic mass is 10.3. The predicted molar refractivity (Wildman–Crippen MR) is 69.6 cm³/mol. The number of pyridine rings is 1. The Morgan fingerprint density at radius 1 is 1.56 bits per heavy atom. The highest BCUT2D eigenvalue weighted by Gasteiger charge is 2.13. The molecule has 3 nitrogen and oxygen atoms in total. The molecule has 0 radical (unpaired) electrons. The summed E-state index contributed by atoms with van der Waals surface area (Å²) in [5.41, 5.74) is 0.169. The van der Waals surface area contributed by atoms with Crippen LogP contribution in [0.3, 0.4) is 0 Å². The Morgan fingerprint density at radius 2 is 2.25 bits per heavy atom. The maximum atomic E-state index is 11.7. The molecule has 1 atom stereocenters. The average molecular weight is 279 g/mol. The molecule has 0 aliphatic heterocycles. The van der Waals surface area contributed by atoms with Gasteiger partial charge in [0.2, 0.25) is 0 Å². The van der Waals surface area contributed by atoms with Crippen molar-refractivity contribution in [3.63, 3.8) is 0 Å². The van der Waals surface area contributed by atoms with Crippen molar-refractivity contribution in [3.05, 3.63) is 28.0 Å². The number of amides is 1. The van der Waals surface area contributed by atoms with E-state index in [2.05, 4.69) is 10.3 Å². The molecule has 6 heteroatoms. The summed E-state index contributed by atoms with van der Waals surface area (Å²) in [6, 6.07) is 3.11. The molecule has 0 aliphatic carbocycles. The van der Waals surface area contributed by atoms with Gasteiger partial charge in [-0.25, -0.2) is 4.98 Å². The molecule has 1 rings (SSSR count). The first kappa shape index (κ1) is 13.6. The van der Waals surface area contributed by atoms with Gasteiger partial charge in [0.25, 0.3) is 5.91 Å². The smallest absolute Gasteiger partial charge is 0.271 e. The van der Waals surface area contributed by atoms with E-state index in [0.717, 1.165) is 0 Å². The number of nitrogens with one attached hydrogen (secondary N) is 1. The van der Waals surface area contributed by atoms with Gasteiger partial charge in [-0.2, -0.15) is 11.8 Å². The molecule has 1 aromatic heterocycles. The topological polar surface area (TPSA) is 42.0 Å². The summed E-state index contributed by atoms with van der Waals surface area (Å²) in [5.74, 6) is -0.298. The number of halogens is 2. The van der Waals surface area contributed by atoms with Gasteiger partial charge in [0.1, 0.15) is 10.8 Å². The zero-order chi connectivity index (χ0) is 12.1. The minimum absolute atomic E-state index is 0.169. The Kier molecular flexibility index (Phi) is 5.38. The van der Waals surface area contributed by atoms with Crippen molar-refractivity contribution in [1.29, 1.82) is 0 Å². The largest absolute Gasteiger partial charge is 0.350 e. The molecule has 1 N–H and O–H groups in total. The van der Waals surface area contributed by atoms with E-state index in [1.165, 1.54) is 0 Å². The number of carbonyl (C=O) groups is 1. The lowest BCUT2D eigenvalue weighted by Gasteiger charge is -2.10. The van der Waals surface area contributed by atoms with Crippen molar-refractivity contribution in [1.82, 2.24) is 10.3 Å². The van der Waals surface area contributed by atoms with Crippen LogP contribution in [0.4, 0.5) is 0 Å². The summed E-state index contributed by atoms with van der Waals surface area (Å²) in [6.45, 7) is 2.60. The highest BCUT2D eigenvalue weighted by atomic mass is 35.5. The third-order valence-electron chi connectivity index (χ3n) is 1.98. The Hall–Kier alpha value is -0.450. The van der Waals surface area contributed by atoms with Crippen LogP contribution in [0.2, 0.25) is 10.2 Å². The molecule has 16 heavy (non-hydrogen) atoms. The van der Waals surface area contributed by atoms with E-state index in [4.69, 9.17) is 23.2 Å². The normalized spacial score (nSPS) is 12.2. The highest BCUT2D eigenvalue weighted by Crippen LogP contribution is 2.16. The highest BCUT2D eigenvalue weighted by molar-refractivity contribution is 7.99.